The number of benzene rings is 1. The van der Waals surface area contributed by atoms with Gasteiger partial charge in [-0.2, -0.15) is 0 Å². The first-order chi connectivity index (χ1) is 10.2. The largest absolute Gasteiger partial charge is 0.409 e. The van der Waals surface area contributed by atoms with Crippen LogP contribution in [0, 0.1) is 5.92 Å². The molecule has 0 aliphatic heterocycles. The van der Waals surface area contributed by atoms with E-state index in [9.17, 15) is 0 Å². The van der Waals surface area contributed by atoms with E-state index in [2.05, 4.69) is 30.1 Å². The Hall–Kier alpha value is -1.55. The van der Waals surface area contributed by atoms with E-state index in [0.29, 0.717) is 6.04 Å². The first kappa shape index (κ1) is 15.8. The van der Waals surface area contributed by atoms with Crippen LogP contribution in [0.5, 0.6) is 0 Å². The van der Waals surface area contributed by atoms with Gasteiger partial charge in [-0.25, -0.2) is 0 Å². The number of nitrogens with zero attached hydrogens (tertiary/aromatic N) is 2. The van der Waals surface area contributed by atoms with Crippen molar-refractivity contribution >= 4 is 5.84 Å². The number of rotatable bonds is 5. The van der Waals surface area contributed by atoms with Crippen LogP contribution < -0.4 is 5.73 Å². The van der Waals surface area contributed by atoms with Gasteiger partial charge in [-0.05, 0) is 44.2 Å². The van der Waals surface area contributed by atoms with Crippen molar-refractivity contribution in [1.29, 1.82) is 0 Å². The van der Waals surface area contributed by atoms with Gasteiger partial charge in [0.1, 0.15) is 0 Å². The van der Waals surface area contributed by atoms with Crippen molar-refractivity contribution in [3.8, 4) is 0 Å². The second kappa shape index (κ2) is 7.46. The van der Waals surface area contributed by atoms with Crippen molar-refractivity contribution in [3.63, 3.8) is 0 Å². The van der Waals surface area contributed by atoms with Crippen LogP contribution >= 0.6 is 0 Å². The Bertz CT molecular complexity index is 479. The van der Waals surface area contributed by atoms with E-state index < -0.39 is 0 Å². The Morgan fingerprint density at radius 2 is 1.95 bits per heavy atom. The molecule has 1 aliphatic carbocycles. The maximum atomic E-state index is 8.90. The van der Waals surface area contributed by atoms with Crippen LogP contribution in [0.2, 0.25) is 0 Å². The summed E-state index contributed by atoms with van der Waals surface area (Å²) in [6, 6.07) is 8.54. The Kier molecular flexibility index (Phi) is 5.62. The van der Waals surface area contributed by atoms with Crippen LogP contribution in [0.1, 0.15) is 50.2 Å². The molecule has 0 bridgehead atoms. The Labute approximate surface area is 127 Å². The maximum Gasteiger partial charge on any atom is 0.170 e. The summed E-state index contributed by atoms with van der Waals surface area (Å²) in [6.07, 6.45) is 6.55. The highest BCUT2D eigenvalue weighted by molar-refractivity contribution is 5.98. The molecular formula is C17H27N3O. The molecule has 4 nitrogen and oxygen atoms in total. The summed E-state index contributed by atoms with van der Waals surface area (Å²) in [6.45, 7) is 3.13. The van der Waals surface area contributed by atoms with Crippen LogP contribution in [0.4, 0.5) is 0 Å². The fraction of sp³-hybridized carbons (Fsp3) is 0.588. The fourth-order valence-corrected chi connectivity index (χ4v) is 3.35. The van der Waals surface area contributed by atoms with Gasteiger partial charge in [0, 0.05) is 18.2 Å². The highest BCUT2D eigenvalue weighted by Crippen LogP contribution is 2.29. The molecule has 1 saturated carbocycles. The van der Waals surface area contributed by atoms with E-state index in [4.69, 9.17) is 10.9 Å². The van der Waals surface area contributed by atoms with E-state index >= 15 is 0 Å². The standard InChI is InChI=1S/C17H27N3O/c1-3-13-8-10-15(11-9-13)20(2)12-14-6-4-5-7-16(14)17(18)19-21/h4-7,13,15,21H,3,8-12H2,1-2H3,(H2,18,19). The molecule has 21 heavy (non-hydrogen) atoms. The molecule has 0 unspecified atom stereocenters. The smallest absolute Gasteiger partial charge is 0.170 e. The SMILES string of the molecule is CCC1CCC(N(C)Cc2ccccc2C(N)=NO)CC1. The van der Waals surface area contributed by atoms with E-state index in [1.165, 1.54) is 32.1 Å². The molecule has 0 spiro atoms. The van der Waals surface area contributed by atoms with Gasteiger partial charge < -0.3 is 10.9 Å². The van der Waals surface area contributed by atoms with E-state index in [1.807, 2.05) is 18.2 Å². The second-order valence-corrected chi connectivity index (χ2v) is 6.14. The third kappa shape index (κ3) is 3.97. The first-order valence-corrected chi connectivity index (χ1v) is 7.91. The summed E-state index contributed by atoms with van der Waals surface area (Å²) in [5, 5.41) is 12.0. The van der Waals surface area contributed by atoms with Crippen molar-refractivity contribution in [2.75, 3.05) is 7.05 Å². The lowest BCUT2D eigenvalue weighted by atomic mass is 9.84. The summed E-state index contributed by atoms with van der Waals surface area (Å²) in [7, 11) is 2.18. The molecular weight excluding hydrogens is 262 g/mol. The van der Waals surface area contributed by atoms with Gasteiger partial charge in [-0.1, -0.05) is 42.8 Å². The van der Waals surface area contributed by atoms with Crippen molar-refractivity contribution in [3.05, 3.63) is 35.4 Å². The molecule has 0 saturated heterocycles. The Morgan fingerprint density at radius 3 is 2.57 bits per heavy atom. The highest BCUT2D eigenvalue weighted by Gasteiger charge is 2.23. The Morgan fingerprint density at radius 1 is 1.29 bits per heavy atom. The van der Waals surface area contributed by atoms with Crippen LogP contribution in [-0.2, 0) is 6.54 Å². The van der Waals surface area contributed by atoms with Gasteiger partial charge in [0.2, 0.25) is 0 Å². The third-order valence-electron chi connectivity index (χ3n) is 4.84. The molecule has 4 heteroatoms. The van der Waals surface area contributed by atoms with Crippen molar-refractivity contribution in [1.82, 2.24) is 4.90 Å². The number of oxime groups is 1. The molecule has 1 aliphatic rings. The van der Waals surface area contributed by atoms with Gasteiger partial charge in [0.15, 0.2) is 5.84 Å². The van der Waals surface area contributed by atoms with Gasteiger partial charge >= 0.3 is 0 Å². The molecule has 116 valence electrons. The highest BCUT2D eigenvalue weighted by atomic mass is 16.4. The molecule has 2 rings (SSSR count). The van der Waals surface area contributed by atoms with Crippen LogP contribution in [0.25, 0.3) is 0 Å². The Balaban J connectivity index is 2.02. The topological polar surface area (TPSA) is 61.8 Å². The molecule has 1 aromatic rings. The lowest BCUT2D eigenvalue weighted by Gasteiger charge is -2.34. The van der Waals surface area contributed by atoms with Crippen molar-refractivity contribution in [2.45, 2.75) is 51.6 Å². The number of nitrogens with two attached hydrogens (primary N) is 1. The van der Waals surface area contributed by atoms with Gasteiger partial charge in [-0.15, -0.1) is 0 Å². The number of amidine groups is 1. The zero-order valence-corrected chi connectivity index (χ0v) is 13.1. The molecule has 0 radical (unpaired) electrons. The van der Waals surface area contributed by atoms with Crippen LogP contribution in [0.15, 0.2) is 29.4 Å². The van der Waals surface area contributed by atoms with Gasteiger partial charge in [0.25, 0.3) is 0 Å². The molecule has 1 aromatic carbocycles. The molecule has 0 amide bonds. The average molecular weight is 289 g/mol. The summed E-state index contributed by atoms with van der Waals surface area (Å²) in [4.78, 5) is 2.41. The fourth-order valence-electron chi connectivity index (χ4n) is 3.35. The summed E-state index contributed by atoms with van der Waals surface area (Å²) >= 11 is 0. The maximum absolute atomic E-state index is 8.90. The molecule has 0 atom stereocenters. The molecule has 0 aromatic heterocycles. The van der Waals surface area contributed by atoms with E-state index in [-0.39, 0.29) is 5.84 Å². The average Bonchev–Trinajstić information content (AvgIpc) is 2.54. The molecule has 1 fully saturated rings. The predicted octanol–water partition coefficient (Wildman–Crippen LogP) is 3.18. The summed E-state index contributed by atoms with van der Waals surface area (Å²) < 4.78 is 0. The lowest BCUT2D eigenvalue weighted by Crippen LogP contribution is -2.35. The minimum atomic E-state index is 0.189. The normalized spacial score (nSPS) is 23.5. The first-order valence-electron chi connectivity index (χ1n) is 7.91. The van der Waals surface area contributed by atoms with Crippen LogP contribution in [-0.4, -0.2) is 29.0 Å². The minimum absolute atomic E-state index is 0.189. The monoisotopic (exact) mass is 289 g/mol. The molecule has 0 heterocycles. The van der Waals surface area contributed by atoms with E-state index in [1.54, 1.807) is 0 Å². The summed E-state index contributed by atoms with van der Waals surface area (Å²) in [5.41, 5.74) is 7.71. The van der Waals surface area contributed by atoms with Crippen molar-refractivity contribution < 1.29 is 5.21 Å². The lowest BCUT2D eigenvalue weighted by molar-refractivity contribution is 0.157. The van der Waals surface area contributed by atoms with Crippen LogP contribution in [0.3, 0.4) is 0 Å². The van der Waals surface area contributed by atoms with Gasteiger partial charge in [0.05, 0.1) is 0 Å². The second-order valence-electron chi connectivity index (χ2n) is 6.14. The zero-order chi connectivity index (χ0) is 15.2. The summed E-state index contributed by atoms with van der Waals surface area (Å²) in [5.74, 6) is 1.10. The predicted molar refractivity (Wildman–Crippen MR) is 86.5 cm³/mol. The number of hydrogen-bond acceptors (Lipinski definition) is 3. The van der Waals surface area contributed by atoms with Crippen molar-refractivity contribution in [2.24, 2.45) is 16.8 Å². The number of hydrogen-bond donors (Lipinski definition) is 2. The third-order valence-corrected chi connectivity index (χ3v) is 4.84. The van der Waals surface area contributed by atoms with Gasteiger partial charge in [-0.3, -0.25) is 4.90 Å². The zero-order valence-electron chi connectivity index (χ0n) is 13.1. The quantitative estimate of drug-likeness (QED) is 0.379. The molecule has 3 N–H and O–H groups in total. The van der Waals surface area contributed by atoms with E-state index in [0.717, 1.165) is 23.6 Å². The minimum Gasteiger partial charge on any atom is -0.409 e.